The van der Waals surface area contributed by atoms with Crippen molar-refractivity contribution in [3.8, 4) is 0 Å². The summed E-state index contributed by atoms with van der Waals surface area (Å²) in [6.45, 7) is 5.27. The van der Waals surface area contributed by atoms with Crippen molar-refractivity contribution < 1.29 is 9.21 Å². The number of carbonyl (C=O) groups is 1. The van der Waals surface area contributed by atoms with Gasteiger partial charge in [-0.25, -0.2) is 0 Å². The van der Waals surface area contributed by atoms with Gasteiger partial charge in [0.05, 0.1) is 6.54 Å². The fraction of sp³-hybridized carbons (Fsp3) is 0.389. The van der Waals surface area contributed by atoms with Crippen molar-refractivity contribution >= 4 is 11.6 Å². The number of nitrogens with one attached hydrogen (secondary N) is 2. The molecule has 1 heterocycles. The van der Waals surface area contributed by atoms with Crippen LogP contribution in [-0.2, 0) is 17.9 Å². The molecular formula is C18H22N2O2. The van der Waals surface area contributed by atoms with Crippen LogP contribution in [0.25, 0.3) is 0 Å². The molecule has 1 aromatic carbocycles. The van der Waals surface area contributed by atoms with Gasteiger partial charge in [0, 0.05) is 25.1 Å². The Morgan fingerprint density at radius 3 is 2.55 bits per heavy atom. The molecule has 2 N–H and O–H groups in total. The Bertz CT molecular complexity index is 645. The number of hydrogen-bond acceptors (Lipinski definition) is 3. The lowest BCUT2D eigenvalue weighted by Crippen LogP contribution is -2.12. The van der Waals surface area contributed by atoms with Gasteiger partial charge in [0.2, 0.25) is 5.91 Å². The molecule has 3 rings (SSSR count). The summed E-state index contributed by atoms with van der Waals surface area (Å²) in [5, 5.41) is 6.14. The average molecular weight is 298 g/mol. The largest absolute Gasteiger partial charge is 0.464 e. The first-order chi connectivity index (χ1) is 10.6. The average Bonchev–Trinajstić information content (AvgIpc) is 3.03. The maximum Gasteiger partial charge on any atom is 0.221 e. The quantitative estimate of drug-likeness (QED) is 0.856. The highest BCUT2D eigenvalue weighted by molar-refractivity contribution is 5.88. The van der Waals surface area contributed by atoms with Crippen molar-refractivity contribution in [3.05, 3.63) is 53.5 Å². The van der Waals surface area contributed by atoms with Crippen LogP contribution in [-0.4, -0.2) is 5.91 Å². The summed E-state index contributed by atoms with van der Waals surface area (Å²) in [5.41, 5.74) is 2.00. The van der Waals surface area contributed by atoms with Gasteiger partial charge < -0.3 is 15.1 Å². The third-order valence-corrected chi connectivity index (χ3v) is 4.06. The smallest absolute Gasteiger partial charge is 0.221 e. The Hall–Kier alpha value is -2.07. The molecule has 0 saturated heterocycles. The van der Waals surface area contributed by atoms with Gasteiger partial charge in [0.1, 0.15) is 11.5 Å². The van der Waals surface area contributed by atoms with Crippen LogP contribution in [0.5, 0.6) is 0 Å². The topological polar surface area (TPSA) is 54.3 Å². The molecule has 4 heteroatoms. The first-order valence-electron chi connectivity index (χ1n) is 7.77. The Balaban J connectivity index is 1.46. The second-order valence-electron chi connectivity index (χ2n) is 6.11. The van der Waals surface area contributed by atoms with Crippen LogP contribution in [0.4, 0.5) is 5.69 Å². The van der Waals surface area contributed by atoms with E-state index < -0.39 is 0 Å². The number of hydrogen-bond donors (Lipinski definition) is 2. The summed E-state index contributed by atoms with van der Waals surface area (Å²) in [6.07, 6.45) is 1.25. The lowest BCUT2D eigenvalue weighted by atomic mass is 10.2. The van der Waals surface area contributed by atoms with E-state index in [-0.39, 0.29) is 5.91 Å². The molecule has 116 valence electrons. The maximum atomic E-state index is 11.0. The Morgan fingerprint density at radius 2 is 1.91 bits per heavy atom. The van der Waals surface area contributed by atoms with Crippen LogP contribution in [0.1, 0.15) is 43.3 Å². The predicted molar refractivity (Wildman–Crippen MR) is 86.5 cm³/mol. The minimum Gasteiger partial charge on any atom is -0.464 e. The van der Waals surface area contributed by atoms with Crippen molar-refractivity contribution in [3.63, 3.8) is 0 Å². The minimum atomic E-state index is -0.0514. The van der Waals surface area contributed by atoms with Crippen molar-refractivity contribution in [2.24, 2.45) is 5.92 Å². The highest BCUT2D eigenvalue weighted by atomic mass is 16.3. The van der Waals surface area contributed by atoms with E-state index in [1.54, 1.807) is 0 Å². The zero-order chi connectivity index (χ0) is 15.5. The third-order valence-electron chi connectivity index (χ3n) is 4.06. The number of carbonyl (C=O) groups excluding carboxylic acids is 1. The lowest BCUT2D eigenvalue weighted by Gasteiger charge is -2.05. The number of furan rings is 1. The second-order valence-corrected chi connectivity index (χ2v) is 6.11. The van der Waals surface area contributed by atoms with E-state index >= 15 is 0 Å². The van der Waals surface area contributed by atoms with E-state index in [1.165, 1.54) is 18.9 Å². The van der Waals surface area contributed by atoms with Gasteiger partial charge in [-0.1, -0.05) is 19.1 Å². The molecule has 2 atom stereocenters. The summed E-state index contributed by atoms with van der Waals surface area (Å²) < 4.78 is 5.87. The molecule has 0 bridgehead atoms. The molecule has 0 radical (unpaired) electrons. The Morgan fingerprint density at radius 1 is 1.18 bits per heavy atom. The molecule has 22 heavy (non-hydrogen) atoms. The highest BCUT2D eigenvalue weighted by Crippen LogP contribution is 2.47. The molecule has 0 spiro atoms. The number of benzene rings is 1. The van der Waals surface area contributed by atoms with E-state index in [1.807, 2.05) is 24.3 Å². The van der Waals surface area contributed by atoms with Gasteiger partial charge in [0.15, 0.2) is 0 Å². The van der Waals surface area contributed by atoms with E-state index in [2.05, 4.69) is 29.7 Å². The van der Waals surface area contributed by atoms with E-state index in [4.69, 9.17) is 4.42 Å². The van der Waals surface area contributed by atoms with Gasteiger partial charge in [-0.2, -0.15) is 0 Å². The Labute approximate surface area is 130 Å². The molecule has 2 unspecified atom stereocenters. The van der Waals surface area contributed by atoms with Crippen LogP contribution < -0.4 is 10.6 Å². The molecule has 1 aliphatic rings. The summed E-state index contributed by atoms with van der Waals surface area (Å²) in [4.78, 5) is 11.0. The fourth-order valence-corrected chi connectivity index (χ4v) is 2.65. The van der Waals surface area contributed by atoms with Gasteiger partial charge in [-0.15, -0.1) is 0 Å². The fourth-order valence-electron chi connectivity index (χ4n) is 2.65. The molecule has 1 fully saturated rings. The molecule has 1 saturated carbocycles. The van der Waals surface area contributed by atoms with Gasteiger partial charge in [-0.05, 0) is 42.2 Å². The van der Waals surface area contributed by atoms with Crippen molar-refractivity contribution in [1.29, 1.82) is 0 Å². The van der Waals surface area contributed by atoms with Crippen LogP contribution in [0.2, 0.25) is 0 Å². The molecular weight excluding hydrogens is 276 g/mol. The van der Waals surface area contributed by atoms with E-state index in [0.29, 0.717) is 5.92 Å². The zero-order valence-electron chi connectivity index (χ0n) is 13.1. The number of amides is 1. The monoisotopic (exact) mass is 298 g/mol. The number of rotatable bonds is 6. The molecule has 0 aliphatic heterocycles. The second kappa shape index (κ2) is 6.36. The SMILES string of the molecule is CC(=O)Nc1ccc(CNCc2ccc(C3CC3C)o2)cc1. The third kappa shape index (κ3) is 3.77. The van der Waals surface area contributed by atoms with E-state index in [0.717, 1.165) is 36.2 Å². The molecule has 1 amide bonds. The molecule has 2 aromatic rings. The molecule has 1 aromatic heterocycles. The molecule has 4 nitrogen and oxygen atoms in total. The zero-order valence-corrected chi connectivity index (χ0v) is 13.1. The van der Waals surface area contributed by atoms with Crippen molar-refractivity contribution in [1.82, 2.24) is 5.32 Å². The highest BCUT2D eigenvalue weighted by Gasteiger charge is 2.36. The standard InChI is InChI=1S/C18H22N2O2/c1-12-9-17(12)18-8-7-16(22-18)11-19-10-14-3-5-15(6-4-14)20-13(2)21/h3-8,12,17,19H,9-11H2,1-2H3,(H,20,21). The maximum absolute atomic E-state index is 11.0. The minimum absolute atomic E-state index is 0.0514. The van der Waals surface area contributed by atoms with E-state index in [9.17, 15) is 4.79 Å². The molecule has 1 aliphatic carbocycles. The van der Waals surface area contributed by atoms with Crippen LogP contribution in [0, 0.1) is 5.92 Å². The summed E-state index contributed by atoms with van der Waals surface area (Å²) in [6, 6.07) is 12.0. The summed E-state index contributed by atoms with van der Waals surface area (Å²) in [5.74, 6) is 3.47. The van der Waals surface area contributed by atoms with Crippen LogP contribution >= 0.6 is 0 Å². The van der Waals surface area contributed by atoms with Crippen molar-refractivity contribution in [2.45, 2.75) is 39.3 Å². The van der Waals surface area contributed by atoms with Crippen LogP contribution in [0.15, 0.2) is 40.8 Å². The Kier molecular flexibility index (Phi) is 4.29. The number of anilines is 1. The van der Waals surface area contributed by atoms with Gasteiger partial charge in [0.25, 0.3) is 0 Å². The van der Waals surface area contributed by atoms with Crippen molar-refractivity contribution in [2.75, 3.05) is 5.32 Å². The first-order valence-corrected chi connectivity index (χ1v) is 7.77. The lowest BCUT2D eigenvalue weighted by molar-refractivity contribution is -0.114. The predicted octanol–water partition coefficient (Wildman–Crippen LogP) is 3.65. The first kappa shape index (κ1) is 14.9. The van der Waals surface area contributed by atoms with Gasteiger partial charge >= 0.3 is 0 Å². The van der Waals surface area contributed by atoms with Gasteiger partial charge in [-0.3, -0.25) is 4.79 Å². The summed E-state index contributed by atoms with van der Waals surface area (Å²) >= 11 is 0. The van der Waals surface area contributed by atoms with Crippen LogP contribution in [0.3, 0.4) is 0 Å². The summed E-state index contributed by atoms with van der Waals surface area (Å²) in [7, 11) is 0. The normalized spacial score (nSPS) is 19.9.